The molecule has 6 N–H and O–H groups in total. The van der Waals surface area contributed by atoms with Crippen molar-refractivity contribution in [3.63, 3.8) is 0 Å². The maximum Gasteiger partial charge on any atom is 0.326 e. The summed E-state index contributed by atoms with van der Waals surface area (Å²) in [6.07, 6.45) is 4.05. The van der Waals surface area contributed by atoms with Crippen molar-refractivity contribution in [3.8, 4) is 0 Å². The van der Waals surface area contributed by atoms with Crippen molar-refractivity contribution in [1.82, 2.24) is 36.4 Å². The van der Waals surface area contributed by atoms with Gasteiger partial charge >= 0.3 is 5.97 Å². The van der Waals surface area contributed by atoms with Crippen molar-refractivity contribution in [3.05, 3.63) is 0 Å². The van der Waals surface area contributed by atoms with Crippen LogP contribution < -0.4 is 26.6 Å². The molecule has 0 aromatic heterocycles. The van der Waals surface area contributed by atoms with Crippen molar-refractivity contribution in [2.75, 3.05) is 31.9 Å². The lowest BCUT2D eigenvalue weighted by Gasteiger charge is -2.32. The second-order valence-corrected chi connectivity index (χ2v) is 14.1. The van der Waals surface area contributed by atoms with Gasteiger partial charge < -0.3 is 41.5 Å². The number of likely N-dealkylation sites (tertiary alicyclic amines) is 2. The molecule has 3 rings (SSSR count). The van der Waals surface area contributed by atoms with Crippen molar-refractivity contribution in [2.24, 2.45) is 11.8 Å². The van der Waals surface area contributed by atoms with E-state index in [0.717, 1.165) is 13.0 Å². The number of carboxylic acid groups (broad SMARTS) is 1. The van der Waals surface area contributed by atoms with Gasteiger partial charge in [0.1, 0.15) is 30.2 Å². The van der Waals surface area contributed by atoms with Gasteiger partial charge in [0.25, 0.3) is 0 Å². The van der Waals surface area contributed by atoms with Crippen LogP contribution in [0.5, 0.6) is 0 Å². The van der Waals surface area contributed by atoms with Crippen LogP contribution in [0.15, 0.2) is 0 Å². The van der Waals surface area contributed by atoms with E-state index in [1.165, 1.54) is 9.80 Å². The van der Waals surface area contributed by atoms with Gasteiger partial charge in [0.2, 0.25) is 35.4 Å². The Morgan fingerprint density at radius 3 is 1.94 bits per heavy atom. The number of carbonyl (C=O) groups excluding carboxylic acids is 6. The maximum atomic E-state index is 13.6. The zero-order valence-electron chi connectivity index (χ0n) is 28.5. The van der Waals surface area contributed by atoms with E-state index in [-0.39, 0.29) is 42.5 Å². The molecule has 3 aliphatic heterocycles. The van der Waals surface area contributed by atoms with Crippen LogP contribution in [0.4, 0.5) is 0 Å². The SMILES string of the molecule is CC(C)C[C@H](NC(=O)CNC(=O)[C@H](CC(C)C)NC(=O)[C@@H]1CCCN1)C(=O)N[C@@H](CS)C(=O)N1CCC[C@H]1C(=O)N1CCC[C@H]1C(=O)O. The highest BCUT2D eigenvalue weighted by Crippen LogP contribution is 2.26. The minimum Gasteiger partial charge on any atom is -0.480 e. The van der Waals surface area contributed by atoms with Gasteiger partial charge in [-0.1, -0.05) is 27.7 Å². The standard InChI is InChI=1S/C32H53N7O8S/c1-18(2)14-21(36-28(42)20-8-5-11-33-20)27(41)34-16-26(40)35-22(15-19(3)4)29(43)37-23(17-48)30(44)38-12-6-9-24(38)31(45)39-13-7-10-25(39)32(46)47/h18-25,33,48H,5-17H2,1-4H3,(H,34,41)(H,35,40)(H,36,42)(H,37,43)(H,46,47)/t20-,21-,22-,23-,24-,25-/m0/s1. The highest BCUT2D eigenvalue weighted by molar-refractivity contribution is 7.80. The fourth-order valence-corrected chi connectivity index (χ4v) is 6.79. The van der Waals surface area contributed by atoms with Crippen molar-refractivity contribution in [1.29, 1.82) is 0 Å². The van der Waals surface area contributed by atoms with Crippen LogP contribution in [-0.4, -0.2) is 125 Å². The fraction of sp³-hybridized carbons (Fsp3) is 0.781. The molecule has 0 bridgehead atoms. The number of hydrogen-bond acceptors (Lipinski definition) is 9. The number of thiol groups is 1. The Balaban J connectivity index is 1.60. The van der Waals surface area contributed by atoms with Gasteiger partial charge in [-0.25, -0.2) is 4.79 Å². The lowest BCUT2D eigenvalue weighted by molar-refractivity contribution is -0.152. The van der Waals surface area contributed by atoms with E-state index in [4.69, 9.17) is 0 Å². The molecule has 0 aromatic rings. The van der Waals surface area contributed by atoms with Crippen LogP contribution >= 0.6 is 12.6 Å². The number of hydrogen-bond donors (Lipinski definition) is 7. The molecular weight excluding hydrogens is 642 g/mol. The van der Waals surface area contributed by atoms with E-state index in [1.807, 2.05) is 27.7 Å². The third kappa shape index (κ3) is 10.8. The van der Waals surface area contributed by atoms with Crippen molar-refractivity contribution in [2.45, 2.75) is 115 Å². The van der Waals surface area contributed by atoms with E-state index in [9.17, 15) is 38.7 Å². The number of carbonyl (C=O) groups is 7. The monoisotopic (exact) mass is 695 g/mol. The van der Waals surface area contributed by atoms with Crippen LogP contribution in [0.1, 0.15) is 79.1 Å². The largest absolute Gasteiger partial charge is 0.480 e. The summed E-state index contributed by atoms with van der Waals surface area (Å²) < 4.78 is 0. The molecule has 48 heavy (non-hydrogen) atoms. The van der Waals surface area contributed by atoms with E-state index < -0.39 is 72.3 Å². The molecule has 0 unspecified atom stereocenters. The first-order valence-electron chi connectivity index (χ1n) is 17.1. The molecule has 0 radical (unpaired) electrons. The molecule has 0 saturated carbocycles. The first kappa shape index (κ1) is 39.0. The van der Waals surface area contributed by atoms with E-state index >= 15 is 0 Å². The Morgan fingerprint density at radius 1 is 0.771 bits per heavy atom. The number of rotatable bonds is 16. The van der Waals surface area contributed by atoms with Gasteiger partial charge in [-0.15, -0.1) is 0 Å². The molecule has 0 aromatic carbocycles. The number of nitrogens with one attached hydrogen (secondary N) is 5. The molecule has 15 nitrogen and oxygen atoms in total. The Kier molecular flexibility index (Phi) is 15.0. The second-order valence-electron chi connectivity index (χ2n) is 13.8. The molecule has 0 spiro atoms. The predicted octanol–water partition coefficient (Wildman–Crippen LogP) is -0.602. The normalized spacial score (nSPS) is 22.7. The summed E-state index contributed by atoms with van der Waals surface area (Å²) >= 11 is 4.29. The highest BCUT2D eigenvalue weighted by Gasteiger charge is 2.43. The summed E-state index contributed by atoms with van der Waals surface area (Å²) in [5, 5.41) is 23.3. The summed E-state index contributed by atoms with van der Waals surface area (Å²) in [5.74, 6) is -3.97. The molecular formula is C32H53N7O8S. The van der Waals surface area contributed by atoms with Gasteiger partial charge in [-0.2, -0.15) is 12.6 Å². The fourth-order valence-electron chi connectivity index (χ4n) is 6.55. The first-order chi connectivity index (χ1) is 22.7. The smallest absolute Gasteiger partial charge is 0.326 e. The lowest BCUT2D eigenvalue weighted by atomic mass is 10.0. The van der Waals surface area contributed by atoms with Gasteiger partial charge in [0.15, 0.2) is 0 Å². The zero-order valence-corrected chi connectivity index (χ0v) is 29.4. The van der Waals surface area contributed by atoms with Gasteiger partial charge in [-0.05, 0) is 69.7 Å². The molecule has 3 saturated heterocycles. The molecule has 6 amide bonds. The average molecular weight is 696 g/mol. The summed E-state index contributed by atoms with van der Waals surface area (Å²) in [6.45, 7) is 8.50. The second kappa shape index (κ2) is 18.4. The zero-order chi connectivity index (χ0) is 35.5. The minimum absolute atomic E-state index is 0.0150. The quantitative estimate of drug-likeness (QED) is 0.103. The molecule has 0 aliphatic carbocycles. The Labute approximate surface area is 287 Å². The van der Waals surface area contributed by atoms with E-state index in [2.05, 4.69) is 39.2 Å². The average Bonchev–Trinajstić information content (AvgIpc) is 3.82. The molecule has 3 heterocycles. The van der Waals surface area contributed by atoms with Crippen LogP contribution in [-0.2, 0) is 33.6 Å². The lowest BCUT2D eigenvalue weighted by Crippen LogP contribution is -2.58. The van der Waals surface area contributed by atoms with E-state index in [1.54, 1.807) is 0 Å². The van der Waals surface area contributed by atoms with Crippen LogP contribution in [0.3, 0.4) is 0 Å². The minimum atomic E-state index is -1.09. The first-order valence-corrected chi connectivity index (χ1v) is 17.7. The summed E-state index contributed by atoms with van der Waals surface area (Å²) in [7, 11) is 0. The summed E-state index contributed by atoms with van der Waals surface area (Å²) in [6, 6.07) is -5.05. The third-order valence-electron chi connectivity index (χ3n) is 8.94. The van der Waals surface area contributed by atoms with Gasteiger partial charge in [0.05, 0.1) is 12.6 Å². The van der Waals surface area contributed by atoms with Crippen LogP contribution in [0.2, 0.25) is 0 Å². The van der Waals surface area contributed by atoms with Gasteiger partial charge in [-0.3, -0.25) is 28.8 Å². The third-order valence-corrected chi connectivity index (χ3v) is 9.30. The summed E-state index contributed by atoms with van der Waals surface area (Å²) in [5.41, 5.74) is 0. The molecule has 3 fully saturated rings. The molecule has 3 aliphatic rings. The van der Waals surface area contributed by atoms with Crippen LogP contribution in [0, 0.1) is 11.8 Å². The summed E-state index contributed by atoms with van der Waals surface area (Å²) in [4.78, 5) is 93.4. The maximum absolute atomic E-state index is 13.6. The number of carboxylic acids is 1. The van der Waals surface area contributed by atoms with Crippen molar-refractivity contribution < 1.29 is 38.7 Å². The topological polar surface area (TPSA) is 206 Å². The number of aliphatic carboxylic acids is 1. The Morgan fingerprint density at radius 2 is 1.38 bits per heavy atom. The highest BCUT2D eigenvalue weighted by atomic mass is 32.1. The molecule has 270 valence electrons. The predicted molar refractivity (Wildman–Crippen MR) is 180 cm³/mol. The molecule has 6 atom stereocenters. The van der Waals surface area contributed by atoms with Gasteiger partial charge in [0, 0.05) is 18.8 Å². The number of nitrogens with zero attached hydrogens (tertiary/aromatic N) is 2. The van der Waals surface area contributed by atoms with Crippen molar-refractivity contribution >= 4 is 54.0 Å². The molecule has 16 heteroatoms. The van der Waals surface area contributed by atoms with E-state index in [0.29, 0.717) is 45.1 Å². The Hall–Kier alpha value is -3.40. The number of amides is 6. The van der Waals surface area contributed by atoms with Crippen LogP contribution in [0.25, 0.3) is 0 Å². The Bertz CT molecular complexity index is 1190.